The molecule has 0 radical (unpaired) electrons. The lowest BCUT2D eigenvalue weighted by Gasteiger charge is -2.74. The van der Waals surface area contributed by atoms with Gasteiger partial charge in [0.15, 0.2) is 11.6 Å². The van der Waals surface area contributed by atoms with Crippen molar-refractivity contribution in [3.05, 3.63) is 24.0 Å². The summed E-state index contributed by atoms with van der Waals surface area (Å²) in [7, 11) is 0. The van der Waals surface area contributed by atoms with Crippen LogP contribution in [-0.2, 0) is 10.2 Å². The van der Waals surface area contributed by atoms with Crippen LogP contribution in [0.1, 0.15) is 44.8 Å². The Morgan fingerprint density at radius 2 is 1.87 bits per heavy atom. The summed E-state index contributed by atoms with van der Waals surface area (Å²) >= 11 is 0. The predicted octanol–water partition coefficient (Wildman–Crippen LogP) is 3.22. The van der Waals surface area contributed by atoms with E-state index in [4.69, 9.17) is 15.6 Å². The van der Waals surface area contributed by atoms with Crippen LogP contribution in [0.5, 0.6) is 5.75 Å². The van der Waals surface area contributed by atoms with E-state index in [1.807, 2.05) is 0 Å². The van der Waals surface area contributed by atoms with Crippen molar-refractivity contribution in [1.82, 2.24) is 19.7 Å². The van der Waals surface area contributed by atoms with E-state index in [0.717, 1.165) is 45.6 Å². The van der Waals surface area contributed by atoms with E-state index in [2.05, 4.69) is 39.2 Å². The van der Waals surface area contributed by atoms with Crippen molar-refractivity contribution in [3.63, 3.8) is 0 Å². The first-order valence-electron chi connectivity index (χ1n) is 10.5. The van der Waals surface area contributed by atoms with Crippen molar-refractivity contribution >= 4 is 5.82 Å². The maximum absolute atomic E-state index is 12.7. The van der Waals surface area contributed by atoms with Gasteiger partial charge in [0.1, 0.15) is 0 Å². The van der Waals surface area contributed by atoms with Gasteiger partial charge in [-0.15, -0.1) is 0 Å². The molecule has 3 aliphatic carbocycles. The van der Waals surface area contributed by atoms with Crippen molar-refractivity contribution in [2.24, 2.45) is 0 Å². The molecule has 0 atom stereocenters. The molecule has 30 heavy (non-hydrogen) atoms. The fourth-order valence-corrected chi connectivity index (χ4v) is 5.49. The molecule has 1 aliphatic heterocycles. The standard InChI is InChI=1S/C21H27F2N5O2/c1-13(2)28-17(20-10-21(11-20,12-20)27-3-5-29-6-4-27)8-15(26-28)14-7-16(30-19(22)23)18(24)25-9-14/h7-9,13,19H,3-6,10-12H2,1-2H3,(H2,24,25). The van der Waals surface area contributed by atoms with Crippen LogP contribution in [0, 0.1) is 0 Å². The number of morpholine rings is 1. The van der Waals surface area contributed by atoms with E-state index in [-0.39, 0.29) is 23.0 Å². The monoisotopic (exact) mass is 419 g/mol. The number of nitrogens with zero attached hydrogens (tertiary/aromatic N) is 4. The zero-order valence-corrected chi connectivity index (χ0v) is 17.3. The number of aromatic nitrogens is 3. The van der Waals surface area contributed by atoms with Gasteiger partial charge < -0.3 is 15.2 Å². The van der Waals surface area contributed by atoms with Gasteiger partial charge in [0.2, 0.25) is 0 Å². The first kappa shape index (κ1) is 19.7. The third kappa shape index (κ3) is 2.98. The number of nitrogen functional groups attached to an aromatic ring is 1. The van der Waals surface area contributed by atoms with Crippen LogP contribution in [0.4, 0.5) is 14.6 Å². The Morgan fingerprint density at radius 1 is 1.17 bits per heavy atom. The first-order valence-corrected chi connectivity index (χ1v) is 10.5. The number of anilines is 1. The van der Waals surface area contributed by atoms with E-state index < -0.39 is 6.61 Å². The van der Waals surface area contributed by atoms with Gasteiger partial charge in [-0.05, 0) is 45.2 Å². The SMILES string of the molecule is CC(C)n1nc(-c2cnc(N)c(OC(F)F)c2)cc1C12CC(N3CCOCC3)(C1)C2. The van der Waals surface area contributed by atoms with Crippen molar-refractivity contribution in [2.75, 3.05) is 32.0 Å². The molecule has 6 rings (SSSR count). The maximum Gasteiger partial charge on any atom is 0.387 e. The van der Waals surface area contributed by atoms with Crippen molar-refractivity contribution < 1.29 is 18.3 Å². The van der Waals surface area contributed by atoms with E-state index >= 15 is 0 Å². The Morgan fingerprint density at radius 3 is 2.50 bits per heavy atom. The summed E-state index contributed by atoms with van der Waals surface area (Å²) in [6.07, 6.45) is 4.97. The van der Waals surface area contributed by atoms with Crippen LogP contribution in [0.3, 0.4) is 0 Å². The minimum atomic E-state index is -2.95. The molecular weight excluding hydrogens is 392 g/mol. The zero-order chi connectivity index (χ0) is 21.1. The lowest BCUT2D eigenvalue weighted by molar-refractivity contribution is -0.191. The normalized spacial score (nSPS) is 28.5. The summed E-state index contributed by atoms with van der Waals surface area (Å²) in [5.41, 5.74) is 8.69. The van der Waals surface area contributed by atoms with Gasteiger partial charge in [0.25, 0.3) is 0 Å². The van der Waals surface area contributed by atoms with Crippen molar-refractivity contribution in [1.29, 1.82) is 0 Å². The van der Waals surface area contributed by atoms with Crippen molar-refractivity contribution in [3.8, 4) is 17.0 Å². The van der Waals surface area contributed by atoms with Crippen LogP contribution in [0.2, 0.25) is 0 Å². The minimum absolute atomic E-state index is 0.0607. The maximum atomic E-state index is 12.7. The second-order valence-corrected chi connectivity index (χ2v) is 9.07. The molecule has 3 heterocycles. The fraction of sp³-hybridized carbons (Fsp3) is 0.619. The Bertz CT molecular complexity index is 935. The van der Waals surface area contributed by atoms with Gasteiger partial charge in [-0.25, -0.2) is 4.98 Å². The summed E-state index contributed by atoms with van der Waals surface area (Å²) in [6.45, 7) is 4.91. The second-order valence-electron chi connectivity index (χ2n) is 9.07. The number of hydrogen-bond donors (Lipinski definition) is 1. The van der Waals surface area contributed by atoms with E-state index in [1.165, 1.54) is 11.8 Å². The van der Waals surface area contributed by atoms with Crippen LogP contribution in [-0.4, -0.2) is 58.1 Å². The smallest absolute Gasteiger partial charge is 0.387 e. The van der Waals surface area contributed by atoms with Crippen LogP contribution < -0.4 is 10.5 Å². The molecule has 0 unspecified atom stereocenters. The molecule has 0 aromatic carbocycles. The molecular formula is C21H27F2N5O2. The topological polar surface area (TPSA) is 78.4 Å². The minimum Gasteiger partial charge on any atom is -0.431 e. The lowest BCUT2D eigenvalue weighted by atomic mass is 9.37. The number of halogens is 2. The number of alkyl halides is 2. The largest absolute Gasteiger partial charge is 0.431 e. The number of nitrogens with two attached hydrogens (primary N) is 1. The Balaban J connectivity index is 1.42. The summed E-state index contributed by atoms with van der Waals surface area (Å²) < 4.78 is 37.4. The van der Waals surface area contributed by atoms with Gasteiger partial charge in [0, 0.05) is 47.5 Å². The predicted molar refractivity (Wildman–Crippen MR) is 108 cm³/mol. The highest BCUT2D eigenvalue weighted by molar-refractivity contribution is 5.65. The highest BCUT2D eigenvalue weighted by atomic mass is 19.3. The number of ether oxygens (including phenoxy) is 2. The van der Waals surface area contributed by atoms with Gasteiger partial charge in [-0.3, -0.25) is 9.58 Å². The van der Waals surface area contributed by atoms with Gasteiger partial charge in [-0.1, -0.05) is 0 Å². The highest BCUT2D eigenvalue weighted by Crippen LogP contribution is 2.70. The molecule has 7 nitrogen and oxygen atoms in total. The number of rotatable bonds is 6. The van der Waals surface area contributed by atoms with Crippen molar-refractivity contribution in [2.45, 2.75) is 56.7 Å². The molecule has 2 N–H and O–H groups in total. The van der Waals surface area contributed by atoms with E-state index in [9.17, 15) is 8.78 Å². The zero-order valence-electron chi connectivity index (χ0n) is 17.3. The molecule has 9 heteroatoms. The molecule has 3 saturated carbocycles. The fourth-order valence-electron chi connectivity index (χ4n) is 5.49. The Kier molecular flexibility index (Phi) is 4.52. The number of pyridine rings is 1. The molecule has 0 amide bonds. The van der Waals surface area contributed by atoms with Crippen LogP contribution in [0.25, 0.3) is 11.3 Å². The van der Waals surface area contributed by atoms with Crippen LogP contribution in [0.15, 0.2) is 18.3 Å². The summed E-state index contributed by atoms with van der Waals surface area (Å²) in [4.78, 5) is 6.61. The lowest BCUT2D eigenvalue weighted by Crippen LogP contribution is -2.78. The van der Waals surface area contributed by atoms with Gasteiger partial charge >= 0.3 is 6.61 Å². The average molecular weight is 419 g/mol. The molecule has 2 aromatic heterocycles. The molecule has 2 aromatic rings. The third-order valence-electron chi connectivity index (χ3n) is 6.85. The summed E-state index contributed by atoms with van der Waals surface area (Å²) in [5, 5.41) is 4.80. The summed E-state index contributed by atoms with van der Waals surface area (Å²) in [6, 6.07) is 3.77. The van der Waals surface area contributed by atoms with Crippen LogP contribution >= 0.6 is 0 Å². The molecule has 4 fully saturated rings. The third-order valence-corrected chi connectivity index (χ3v) is 6.85. The number of hydrogen-bond acceptors (Lipinski definition) is 6. The summed E-state index contributed by atoms with van der Waals surface area (Å²) in [5.74, 6) is -0.186. The van der Waals surface area contributed by atoms with E-state index in [0.29, 0.717) is 16.8 Å². The van der Waals surface area contributed by atoms with Gasteiger partial charge in [0.05, 0.1) is 18.9 Å². The average Bonchev–Trinajstić information content (AvgIpc) is 3.07. The van der Waals surface area contributed by atoms with Gasteiger partial charge in [-0.2, -0.15) is 13.9 Å². The Labute approximate surface area is 174 Å². The second kappa shape index (κ2) is 6.88. The Hall–Kier alpha value is -2.26. The first-order chi connectivity index (χ1) is 14.3. The molecule has 4 aliphatic rings. The molecule has 2 bridgehead atoms. The molecule has 162 valence electrons. The highest BCUT2D eigenvalue weighted by Gasteiger charge is 2.71. The quantitative estimate of drug-likeness (QED) is 0.775. The molecule has 0 spiro atoms. The molecule has 1 saturated heterocycles. The van der Waals surface area contributed by atoms with E-state index in [1.54, 1.807) is 6.20 Å².